The van der Waals surface area contributed by atoms with Crippen molar-refractivity contribution in [2.45, 2.75) is 26.3 Å². The lowest BCUT2D eigenvalue weighted by Crippen LogP contribution is -2.49. The largest absolute Gasteiger partial charge is 0.492 e. The van der Waals surface area contributed by atoms with Gasteiger partial charge < -0.3 is 20.3 Å². The summed E-state index contributed by atoms with van der Waals surface area (Å²) in [5.74, 6) is 1.36. The third kappa shape index (κ3) is 3.73. The summed E-state index contributed by atoms with van der Waals surface area (Å²) >= 11 is 0. The number of amides is 2. The van der Waals surface area contributed by atoms with Crippen LogP contribution in [-0.2, 0) is 13.5 Å². The molecule has 168 valence electrons. The maximum Gasteiger partial charge on any atom is 0.327 e. The van der Waals surface area contributed by atoms with Gasteiger partial charge in [0.25, 0.3) is 0 Å². The maximum atomic E-state index is 13.3. The second-order valence-corrected chi connectivity index (χ2v) is 8.41. The van der Waals surface area contributed by atoms with E-state index in [-0.39, 0.29) is 6.03 Å². The number of hydrogen-bond donors (Lipinski definition) is 2. The number of hydrogen-bond acceptors (Lipinski definition) is 6. The molecule has 0 spiro atoms. The van der Waals surface area contributed by atoms with Gasteiger partial charge >= 0.3 is 6.03 Å². The molecule has 4 heterocycles. The predicted octanol–water partition coefficient (Wildman–Crippen LogP) is 2.76. The summed E-state index contributed by atoms with van der Waals surface area (Å²) in [6.45, 7) is 8.09. The van der Waals surface area contributed by atoms with Crippen LogP contribution in [0.25, 0.3) is 10.9 Å². The van der Waals surface area contributed by atoms with Gasteiger partial charge in [-0.15, -0.1) is 0 Å². The van der Waals surface area contributed by atoms with Crippen molar-refractivity contribution < 1.29 is 9.53 Å². The van der Waals surface area contributed by atoms with Crippen molar-refractivity contribution in [1.29, 1.82) is 0 Å². The minimum absolute atomic E-state index is 0.203. The van der Waals surface area contributed by atoms with Crippen LogP contribution in [0.2, 0.25) is 0 Å². The van der Waals surface area contributed by atoms with Crippen molar-refractivity contribution >= 4 is 34.1 Å². The van der Waals surface area contributed by atoms with Gasteiger partial charge in [0.1, 0.15) is 11.6 Å². The summed E-state index contributed by atoms with van der Waals surface area (Å²) in [5.41, 5.74) is 3.80. The molecule has 1 fully saturated rings. The van der Waals surface area contributed by atoms with Crippen LogP contribution >= 0.6 is 0 Å². The van der Waals surface area contributed by atoms with Gasteiger partial charge in [-0.1, -0.05) is 0 Å². The van der Waals surface area contributed by atoms with E-state index in [0.717, 1.165) is 48.3 Å². The second kappa shape index (κ2) is 8.31. The van der Waals surface area contributed by atoms with Gasteiger partial charge in [0.2, 0.25) is 0 Å². The number of aryl methyl sites for hydroxylation is 1. The van der Waals surface area contributed by atoms with Crippen LogP contribution in [-0.4, -0.2) is 59.6 Å². The number of nitrogens with one attached hydrogen (secondary N) is 2. The molecule has 2 aliphatic rings. The van der Waals surface area contributed by atoms with Crippen LogP contribution in [0.1, 0.15) is 19.4 Å². The summed E-state index contributed by atoms with van der Waals surface area (Å²) < 4.78 is 7.54. The van der Waals surface area contributed by atoms with Crippen LogP contribution in [0.15, 0.2) is 30.6 Å². The van der Waals surface area contributed by atoms with Gasteiger partial charge in [0.15, 0.2) is 0 Å². The minimum Gasteiger partial charge on any atom is -0.492 e. The predicted molar refractivity (Wildman–Crippen MR) is 126 cm³/mol. The van der Waals surface area contributed by atoms with Crippen molar-refractivity contribution in [1.82, 2.24) is 20.1 Å². The van der Waals surface area contributed by atoms with Gasteiger partial charge in [-0.2, -0.15) is 5.10 Å². The molecule has 2 aromatic heterocycles. The first-order valence-corrected chi connectivity index (χ1v) is 11.2. The third-order valence-corrected chi connectivity index (χ3v) is 6.07. The molecule has 0 aliphatic carbocycles. The maximum absolute atomic E-state index is 13.3. The van der Waals surface area contributed by atoms with Crippen molar-refractivity contribution in [3.8, 4) is 5.75 Å². The van der Waals surface area contributed by atoms with Gasteiger partial charge in [-0.05, 0) is 32.4 Å². The molecule has 32 heavy (non-hydrogen) atoms. The Morgan fingerprint density at radius 3 is 3.03 bits per heavy atom. The van der Waals surface area contributed by atoms with Crippen LogP contribution in [0.3, 0.4) is 0 Å². The molecular weight excluding hydrogens is 406 g/mol. The van der Waals surface area contributed by atoms with Crippen molar-refractivity contribution in [2.24, 2.45) is 7.05 Å². The number of carbonyl (C=O) groups excluding carboxylic acids is 1. The van der Waals surface area contributed by atoms with E-state index < -0.39 is 0 Å². The smallest absolute Gasteiger partial charge is 0.327 e. The number of piperazine rings is 1. The lowest BCUT2D eigenvalue weighted by atomic mass is 10.1. The Hall–Kier alpha value is -3.33. The lowest BCUT2D eigenvalue weighted by Gasteiger charge is -2.34. The highest BCUT2D eigenvalue weighted by molar-refractivity contribution is 6.05. The fourth-order valence-corrected chi connectivity index (χ4v) is 4.65. The molecule has 2 aliphatic heterocycles. The molecule has 0 bridgehead atoms. The van der Waals surface area contributed by atoms with E-state index in [1.54, 1.807) is 15.8 Å². The molecule has 2 amide bonds. The molecule has 1 atom stereocenters. The average Bonchev–Trinajstić information content (AvgIpc) is 3.36. The number of fused-ring (bicyclic) bond motifs is 2. The average molecular weight is 436 g/mol. The van der Waals surface area contributed by atoms with E-state index in [1.807, 2.05) is 32.3 Å². The molecule has 0 unspecified atom stereocenters. The number of ether oxygens (including phenoxy) is 1. The Labute approximate surface area is 187 Å². The van der Waals surface area contributed by atoms with E-state index in [0.29, 0.717) is 30.6 Å². The molecule has 9 heteroatoms. The summed E-state index contributed by atoms with van der Waals surface area (Å²) in [5, 5.41) is 11.9. The van der Waals surface area contributed by atoms with Crippen LogP contribution in [0.4, 0.5) is 22.0 Å². The standard InChI is InChI=1S/C23H29N7O2/c1-4-32-21-12-18-16(14-28(3)27-18)11-19(21)26-23(31)30-9-6-17-20(5-7-25-22(17)30)29-10-8-24-15(2)13-29/h5,7,11-12,14-15,24H,4,6,8-10,13H2,1-3H3,(H,26,31)/t15-/m0/s1. The Morgan fingerprint density at radius 1 is 1.34 bits per heavy atom. The Bertz CT molecular complexity index is 1160. The number of benzene rings is 1. The van der Waals surface area contributed by atoms with Gasteiger partial charge in [-0.3, -0.25) is 9.58 Å². The van der Waals surface area contributed by atoms with Crippen molar-refractivity contribution in [3.05, 3.63) is 36.2 Å². The van der Waals surface area contributed by atoms with E-state index >= 15 is 0 Å². The van der Waals surface area contributed by atoms with Gasteiger partial charge in [0, 0.05) is 74.4 Å². The quantitative estimate of drug-likeness (QED) is 0.655. The number of nitrogens with zero attached hydrogens (tertiary/aromatic N) is 5. The fourth-order valence-electron chi connectivity index (χ4n) is 4.65. The van der Waals surface area contributed by atoms with Crippen molar-refractivity contribution in [2.75, 3.05) is 47.9 Å². The lowest BCUT2D eigenvalue weighted by molar-refractivity contribution is 0.257. The molecule has 9 nitrogen and oxygen atoms in total. The molecule has 3 aromatic rings. The van der Waals surface area contributed by atoms with Crippen LogP contribution < -0.4 is 25.2 Å². The topological polar surface area (TPSA) is 87.5 Å². The Morgan fingerprint density at radius 2 is 2.22 bits per heavy atom. The Balaban J connectivity index is 1.41. The van der Waals surface area contributed by atoms with E-state index in [9.17, 15) is 4.79 Å². The summed E-state index contributed by atoms with van der Waals surface area (Å²) in [7, 11) is 1.88. The number of rotatable bonds is 4. The van der Waals surface area contributed by atoms with Crippen molar-refractivity contribution in [3.63, 3.8) is 0 Å². The first kappa shape index (κ1) is 20.6. The third-order valence-electron chi connectivity index (χ3n) is 6.07. The highest BCUT2D eigenvalue weighted by Gasteiger charge is 2.31. The molecule has 1 saturated heterocycles. The monoisotopic (exact) mass is 435 g/mol. The Kier molecular flexibility index (Phi) is 5.34. The van der Waals surface area contributed by atoms with Gasteiger partial charge in [-0.25, -0.2) is 9.78 Å². The van der Waals surface area contributed by atoms with E-state index in [2.05, 4.69) is 38.6 Å². The number of aromatic nitrogens is 3. The molecule has 0 saturated carbocycles. The zero-order chi connectivity index (χ0) is 22.2. The van der Waals surface area contributed by atoms with E-state index in [1.165, 1.54) is 5.69 Å². The molecule has 2 N–H and O–H groups in total. The first-order valence-electron chi connectivity index (χ1n) is 11.2. The zero-order valence-electron chi connectivity index (χ0n) is 18.8. The van der Waals surface area contributed by atoms with E-state index in [4.69, 9.17) is 4.74 Å². The highest BCUT2D eigenvalue weighted by Crippen LogP contribution is 2.36. The number of anilines is 3. The molecule has 5 rings (SSSR count). The fraction of sp³-hybridized carbons (Fsp3) is 0.435. The minimum atomic E-state index is -0.203. The van der Waals surface area contributed by atoms with Gasteiger partial charge in [0.05, 0.1) is 17.8 Å². The van der Waals surface area contributed by atoms with Crippen LogP contribution in [0.5, 0.6) is 5.75 Å². The SMILES string of the molecule is CCOc1cc2nn(C)cc2cc1NC(=O)N1CCc2c(N3CCN[C@@H](C)C3)ccnc21. The highest BCUT2D eigenvalue weighted by atomic mass is 16.5. The number of pyridine rings is 1. The molecule has 1 aromatic carbocycles. The van der Waals surface area contributed by atoms with Crippen LogP contribution in [0, 0.1) is 0 Å². The first-order chi connectivity index (χ1) is 15.5. The number of urea groups is 1. The molecule has 0 radical (unpaired) electrons. The number of carbonyl (C=O) groups is 1. The molecular formula is C23H29N7O2. The summed E-state index contributed by atoms with van der Waals surface area (Å²) in [6.07, 6.45) is 4.53. The summed E-state index contributed by atoms with van der Waals surface area (Å²) in [4.78, 5) is 22.0. The summed E-state index contributed by atoms with van der Waals surface area (Å²) in [6, 6.07) is 6.09. The second-order valence-electron chi connectivity index (χ2n) is 8.41. The normalized spacial score (nSPS) is 18.2. The zero-order valence-corrected chi connectivity index (χ0v) is 18.8.